The van der Waals surface area contributed by atoms with Crippen molar-refractivity contribution >= 4 is 23.3 Å². The van der Waals surface area contributed by atoms with Crippen LogP contribution in [-0.4, -0.2) is 11.0 Å². The highest BCUT2D eigenvalue weighted by Gasteiger charge is 2.20. The van der Waals surface area contributed by atoms with Crippen LogP contribution in [0.1, 0.15) is 65.7 Å². The lowest BCUT2D eigenvalue weighted by atomic mass is 9.88. The van der Waals surface area contributed by atoms with Crippen LogP contribution in [0.5, 0.6) is 0 Å². The topological polar surface area (TPSA) is 24.9 Å². The predicted molar refractivity (Wildman–Crippen MR) is 87.7 cm³/mol. The monoisotopic (exact) mass is 300 g/mol. The Morgan fingerprint density at radius 1 is 1.16 bits per heavy atom. The van der Waals surface area contributed by atoms with Gasteiger partial charge in [-0.05, 0) is 37.1 Å². The molecule has 0 aromatic carbocycles. The van der Waals surface area contributed by atoms with Crippen molar-refractivity contribution in [2.75, 3.05) is 0 Å². The molecular weight excluding hydrogens is 272 g/mol. The van der Waals surface area contributed by atoms with E-state index in [1.54, 1.807) is 23.3 Å². The fourth-order valence-electron chi connectivity index (χ4n) is 2.47. The largest absolute Gasteiger partial charge is 0.255 e. The zero-order valence-electron chi connectivity index (χ0n) is 12.5. The third-order valence-electron chi connectivity index (χ3n) is 3.46. The first-order valence-corrected chi connectivity index (χ1v) is 9.33. The van der Waals surface area contributed by atoms with Crippen molar-refractivity contribution in [2.45, 2.75) is 76.1 Å². The van der Waals surface area contributed by atoms with Gasteiger partial charge in [-0.15, -0.1) is 11.3 Å². The van der Waals surface area contributed by atoms with Gasteiger partial charge in [0.05, 0.1) is 0 Å². The van der Waals surface area contributed by atoms with E-state index in [0.717, 1.165) is 10.3 Å². The molecule has 2 atom stereocenters. The van der Waals surface area contributed by atoms with Gasteiger partial charge in [0.25, 0.3) is 0 Å². The van der Waals surface area contributed by atoms with Gasteiger partial charge in [0, 0.05) is 17.6 Å². The van der Waals surface area contributed by atoms with Crippen LogP contribution in [-0.2, 0) is 0 Å². The zero-order valence-corrected chi connectivity index (χ0v) is 14.2. The highest BCUT2D eigenvalue weighted by Crippen LogP contribution is 2.26. The van der Waals surface area contributed by atoms with Crippen LogP contribution in [0.2, 0.25) is 0 Å². The van der Waals surface area contributed by atoms with Gasteiger partial charge in [-0.2, -0.15) is 0 Å². The van der Waals surface area contributed by atoms with Crippen molar-refractivity contribution in [1.82, 2.24) is 9.71 Å². The van der Waals surface area contributed by atoms with E-state index in [2.05, 4.69) is 30.5 Å². The maximum absolute atomic E-state index is 4.33. The summed E-state index contributed by atoms with van der Waals surface area (Å²) in [4.78, 5) is 4.33. The van der Waals surface area contributed by atoms with E-state index in [1.165, 1.54) is 44.9 Å². The zero-order chi connectivity index (χ0) is 13.9. The maximum atomic E-state index is 4.33. The fourth-order valence-corrected chi connectivity index (χ4v) is 4.01. The highest BCUT2D eigenvalue weighted by atomic mass is 32.2. The Kier molecular flexibility index (Phi) is 9.57. The highest BCUT2D eigenvalue weighted by molar-refractivity contribution is 7.99. The second-order valence-corrected chi connectivity index (χ2v) is 7.08. The van der Waals surface area contributed by atoms with E-state index in [0.29, 0.717) is 6.04 Å². The molecule has 0 spiro atoms. The van der Waals surface area contributed by atoms with Crippen molar-refractivity contribution in [2.24, 2.45) is 5.92 Å². The second-order valence-electron chi connectivity index (χ2n) is 5.10. The summed E-state index contributed by atoms with van der Waals surface area (Å²) >= 11 is 3.44. The van der Waals surface area contributed by atoms with Gasteiger partial charge in [0.15, 0.2) is 4.34 Å². The molecule has 1 heterocycles. The van der Waals surface area contributed by atoms with Crippen molar-refractivity contribution in [1.29, 1.82) is 0 Å². The molecule has 1 aromatic rings. The van der Waals surface area contributed by atoms with Crippen molar-refractivity contribution in [3.8, 4) is 0 Å². The lowest BCUT2D eigenvalue weighted by Crippen LogP contribution is -2.32. The summed E-state index contributed by atoms with van der Waals surface area (Å²) in [5, 5.41) is 2.04. The van der Waals surface area contributed by atoms with Gasteiger partial charge in [0.1, 0.15) is 0 Å². The lowest BCUT2D eigenvalue weighted by molar-refractivity contribution is 0.325. The first-order chi connectivity index (χ1) is 9.31. The molecular formula is C15H28N2S2. The number of aromatic nitrogens is 1. The number of rotatable bonds is 11. The Bertz CT molecular complexity index is 301. The average Bonchev–Trinajstić information content (AvgIpc) is 2.93. The third kappa shape index (κ3) is 6.77. The molecule has 1 aromatic heterocycles. The Morgan fingerprint density at radius 3 is 2.53 bits per heavy atom. The molecule has 0 aliphatic rings. The Balaban J connectivity index is 2.50. The Labute approximate surface area is 126 Å². The van der Waals surface area contributed by atoms with Crippen LogP contribution in [0.3, 0.4) is 0 Å². The van der Waals surface area contributed by atoms with Crippen molar-refractivity contribution in [3.05, 3.63) is 11.6 Å². The van der Waals surface area contributed by atoms with Gasteiger partial charge < -0.3 is 0 Å². The second kappa shape index (κ2) is 10.7. The van der Waals surface area contributed by atoms with Gasteiger partial charge in [-0.3, -0.25) is 4.72 Å². The molecule has 110 valence electrons. The minimum absolute atomic E-state index is 0.630. The van der Waals surface area contributed by atoms with Gasteiger partial charge in [-0.1, -0.05) is 46.5 Å². The van der Waals surface area contributed by atoms with Crippen molar-refractivity contribution < 1.29 is 0 Å². The van der Waals surface area contributed by atoms with E-state index in [4.69, 9.17) is 0 Å². The Morgan fingerprint density at radius 2 is 1.95 bits per heavy atom. The van der Waals surface area contributed by atoms with Crippen LogP contribution >= 0.6 is 23.3 Å². The summed E-state index contributed by atoms with van der Waals surface area (Å²) in [6.45, 7) is 6.87. The van der Waals surface area contributed by atoms with E-state index in [-0.39, 0.29) is 0 Å². The summed E-state index contributed by atoms with van der Waals surface area (Å²) in [6.07, 6.45) is 11.1. The summed E-state index contributed by atoms with van der Waals surface area (Å²) in [6, 6.07) is 0.630. The van der Waals surface area contributed by atoms with Gasteiger partial charge in [-0.25, -0.2) is 4.98 Å². The smallest absolute Gasteiger partial charge is 0.164 e. The van der Waals surface area contributed by atoms with Crippen LogP contribution < -0.4 is 4.72 Å². The maximum Gasteiger partial charge on any atom is 0.164 e. The summed E-state index contributed by atoms with van der Waals surface area (Å²) in [5.74, 6) is 0.817. The number of unbranched alkanes of at least 4 members (excludes halogenated alkanes) is 1. The van der Waals surface area contributed by atoms with Crippen molar-refractivity contribution in [3.63, 3.8) is 0 Å². The van der Waals surface area contributed by atoms with E-state index < -0.39 is 0 Å². The normalized spacial score (nSPS) is 14.5. The lowest BCUT2D eigenvalue weighted by Gasteiger charge is -2.27. The first kappa shape index (κ1) is 17.0. The summed E-state index contributed by atoms with van der Waals surface area (Å²) < 4.78 is 4.81. The molecule has 0 saturated carbocycles. The molecule has 0 aliphatic carbocycles. The molecule has 4 heteroatoms. The number of thiazole rings is 1. The molecule has 19 heavy (non-hydrogen) atoms. The molecule has 2 nitrogen and oxygen atoms in total. The molecule has 2 unspecified atom stereocenters. The van der Waals surface area contributed by atoms with E-state index in [1.807, 2.05) is 11.6 Å². The van der Waals surface area contributed by atoms with Gasteiger partial charge in [0.2, 0.25) is 0 Å². The van der Waals surface area contributed by atoms with E-state index >= 15 is 0 Å². The standard InChI is InChI=1S/C15H28N2S2/c1-4-7-10-13(8-5-2)14(9-6-3)17-19-15-16-11-12-18-15/h11-14,17H,4-10H2,1-3H3. The summed E-state index contributed by atoms with van der Waals surface area (Å²) in [5.41, 5.74) is 0. The fraction of sp³-hybridized carbons (Fsp3) is 0.800. The quantitative estimate of drug-likeness (QED) is 0.545. The third-order valence-corrected chi connectivity index (χ3v) is 5.27. The van der Waals surface area contributed by atoms with E-state index in [9.17, 15) is 0 Å². The average molecular weight is 301 g/mol. The van der Waals surface area contributed by atoms with Crippen LogP contribution in [0.25, 0.3) is 0 Å². The Hall–Kier alpha value is -0.0600. The summed E-state index contributed by atoms with van der Waals surface area (Å²) in [7, 11) is 0. The number of nitrogens with zero attached hydrogens (tertiary/aromatic N) is 1. The first-order valence-electron chi connectivity index (χ1n) is 7.63. The number of nitrogens with one attached hydrogen (secondary N) is 1. The number of hydrogen-bond acceptors (Lipinski definition) is 4. The minimum atomic E-state index is 0.630. The molecule has 0 bridgehead atoms. The predicted octanol–water partition coefficient (Wildman–Crippen LogP) is 5.52. The van der Waals surface area contributed by atoms with Gasteiger partial charge >= 0.3 is 0 Å². The molecule has 1 rings (SSSR count). The van der Waals surface area contributed by atoms with Crippen LogP contribution in [0.15, 0.2) is 15.9 Å². The molecule has 0 fully saturated rings. The SMILES string of the molecule is CCCCC(CCC)C(CCC)NSc1nccs1. The number of hydrogen-bond donors (Lipinski definition) is 1. The molecule has 1 N–H and O–H groups in total. The molecule has 0 amide bonds. The van der Waals surface area contributed by atoms with Crippen LogP contribution in [0, 0.1) is 5.92 Å². The molecule has 0 saturated heterocycles. The molecule has 0 aliphatic heterocycles. The molecule has 0 radical (unpaired) electrons. The van der Waals surface area contributed by atoms with Crippen LogP contribution in [0.4, 0.5) is 0 Å². The minimum Gasteiger partial charge on any atom is -0.255 e.